The number of para-hydroxylation sites is 1. The van der Waals surface area contributed by atoms with E-state index in [1.54, 1.807) is 65.6 Å². The summed E-state index contributed by atoms with van der Waals surface area (Å²) in [5.41, 5.74) is -0.229. The molecular formula is C30H31ClN2O5. The van der Waals surface area contributed by atoms with Crippen LogP contribution in [0.2, 0.25) is 0 Å². The van der Waals surface area contributed by atoms with Crippen molar-refractivity contribution in [2.75, 3.05) is 13.1 Å². The second kappa shape index (κ2) is 11.9. The second-order valence-corrected chi connectivity index (χ2v) is 9.61. The van der Waals surface area contributed by atoms with Crippen LogP contribution in [0.25, 0.3) is 0 Å². The maximum Gasteiger partial charge on any atom is 0.267 e. The number of nitrogens with one attached hydrogen (secondary N) is 1. The number of hydrogen-bond donors (Lipinski definition) is 2. The van der Waals surface area contributed by atoms with Gasteiger partial charge >= 0.3 is 0 Å². The molecule has 5 rings (SSSR count). The van der Waals surface area contributed by atoms with Gasteiger partial charge in [0.2, 0.25) is 5.91 Å². The monoisotopic (exact) mass is 534 g/mol. The summed E-state index contributed by atoms with van der Waals surface area (Å²) in [5, 5.41) is 14.1. The average molecular weight is 535 g/mol. The highest BCUT2D eigenvalue weighted by atomic mass is 35.5. The summed E-state index contributed by atoms with van der Waals surface area (Å²) < 4.78 is 5.94. The summed E-state index contributed by atoms with van der Waals surface area (Å²) in [5.74, 6) is -0.684. The van der Waals surface area contributed by atoms with Gasteiger partial charge in [-0.05, 0) is 55.0 Å². The molecule has 2 aliphatic rings. The highest BCUT2D eigenvalue weighted by Gasteiger charge is 2.43. The van der Waals surface area contributed by atoms with Crippen LogP contribution in [-0.4, -0.2) is 52.8 Å². The molecule has 1 fully saturated rings. The number of amides is 2. The molecule has 3 aromatic rings. The largest absolute Gasteiger partial charge is 0.482 e. The zero-order chi connectivity index (χ0) is 25.8. The van der Waals surface area contributed by atoms with Crippen molar-refractivity contribution in [3.63, 3.8) is 0 Å². The van der Waals surface area contributed by atoms with Crippen molar-refractivity contribution in [3.05, 3.63) is 102 Å². The van der Waals surface area contributed by atoms with E-state index < -0.39 is 29.6 Å². The Bertz CT molecular complexity index is 1240. The Kier molecular flexibility index (Phi) is 8.62. The number of benzene rings is 3. The fourth-order valence-electron chi connectivity index (χ4n) is 5.24. The van der Waals surface area contributed by atoms with E-state index in [1.807, 2.05) is 24.3 Å². The lowest BCUT2D eigenvalue weighted by molar-refractivity contribution is -0.143. The lowest BCUT2D eigenvalue weighted by Gasteiger charge is -2.30. The van der Waals surface area contributed by atoms with E-state index >= 15 is 0 Å². The van der Waals surface area contributed by atoms with E-state index in [-0.39, 0.29) is 24.7 Å². The first-order chi connectivity index (χ1) is 18.0. The van der Waals surface area contributed by atoms with Gasteiger partial charge in [0.05, 0.1) is 12.6 Å². The molecule has 0 aliphatic carbocycles. The van der Waals surface area contributed by atoms with Gasteiger partial charge in [-0.2, -0.15) is 0 Å². The molecule has 2 aliphatic heterocycles. The average Bonchev–Trinajstić information content (AvgIpc) is 3.41. The second-order valence-electron chi connectivity index (χ2n) is 9.61. The van der Waals surface area contributed by atoms with E-state index in [0.29, 0.717) is 30.5 Å². The Morgan fingerprint density at radius 3 is 2.16 bits per heavy atom. The number of Topliss-reactive ketones (excluding diaryl/α,β-unsaturated/α-hetero) is 1. The van der Waals surface area contributed by atoms with E-state index in [1.165, 1.54) is 0 Å². The summed E-state index contributed by atoms with van der Waals surface area (Å²) in [6.07, 6.45) is 2.07. The number of aryl methyl sites for hydroxylation is 1. The minimum Gasteiger partial charge on any atom is -0.482 e. The van der Waals surface area contributed by atoms with E-state index in [4.69, 9.17) is 4.74 Å². The molecule has 2 heterocycles. The molecule has 0 radical (unpaired) electrons. The summed E-state index contributed by atoms with van der Waals surface area (Å²) in [4.78, 5) is 41.6. The zero-order valence-electron chi connectivity index (χ0n) is 20.9. The molecule has 2 N–H and O–H groups in total. The first-order valence-electron chi connectivity index (χ1n) is 12.7. The van der Waals surface area contributed by atoms with Gasteiger partial charge in [-0.25, -0.2) is 0 Å². The van der Waals surface area contributed by atoms with Gasteiger partial charge in [-0.1, -0.05) is 78.9 Å². The van der Waals surface area contributed by atoms with Crippen LogP contribution in [0.15, 0.2) is 84.9 Å². The molecule has 0 bridgehead atoms. The number of likely N-dealkylation sites (tertiary alicyclic amines) is 1. The molecule has 2 atom stereocenters. The Hall–Kier alpha value is -3.52. The van der Waals surface area contributed by atoms with Crippen molar-refractivity contribution in [3.8, 4) is 5.75 Å². The van der Waals surface area contributed by atoms with E-state index in [2.05, 4.69) is 5.32 Å². The number of halogens is 1. The van der Waals surface area contributed by atoms with Gasteiger partial charge in [0.25, 0.3) is 5.91 Å². The number of rotatable bonds is 7. The highest BCUT2D eigenvalue weighted by molar-refractivity contribution is 6.03. The molecular weight excluding hydrogens is 504 g/mol. The van der Waals surface area contributed by atoms with Crippen molar-refractivity contribution < 1.29 is 24.2 Å². The molecule has 198 valence electrons. The standard InChI is InChI=1S/C30H30N2O5.ClH/c33-25(27-18-17-21-10-7-8-16-26(21)37-27)20-32-19-9-15-24(32)28(34)31-29(35)30(36,22-11-3-1-4-12-22)23-13-5-2-6-14-23;/h1-8,10-14,16,24,27,36H,9,15,17-20H2,(H,31,34,35);1H/t24-,27?;/m0./s1. The Morgan fingerprint density at radius 2 is 1.50 bits per heavy atom. The normalized spacial score (nSPS) is 19.0. The van der Waals surface area contributed by atoms with Crippen LogP contribution in [-0.2, 0) is 26.4 Å². The minimum atomic E-state index is -2.04. The zero-order valence-corrected chi connectivity index (χ0v) is 21.7. The maximum atomic E-state index is 13.4. The van der Waals surface area contributed by atoms with Crippen LogP contribution >= 0.6 is 12.4 Å². The number of carbonyl (C=O) groups is 3. The third-order valence-electron chi connectivity index (χ3n) is 7.25. The van der Waals surface area contributed by atoms with Gasteiger partial charge in [-0.15, -0.1) is 12.4 Å². The number of hydrogen-bond acceptors (Lipinski definition) is 6. The molecule has 8 heteroatoms. The van der Waals surface area contributed by atoms with E-state index in [9.17, 15) is 19.5 Å². The molecule has 38 heavy (non-hydrogen) atoms. The summed E-state index contributed by atoms with van der Waals surface area (Å²) in [7, 11) is 0. The van der Waals surface area contributed by atoms with Crippen molar-refractivity contribution in [1.29, 1.82) is 0 Å². The van der Waals surface area contributed by atoms with Crippen LogP contribution in [0.5, 0.6) is 5.75 Å². The van der Waals surface area contributed by atoms with Crippen LogP contribution in [0, 0.1) is 0 Å². The number of imide groups is 1. The quantitative estimate of drug-likeness (QED) is 0.482. The van der Waals surface area contributed by atoms with Crippen LogP contribution in [0.1, 0.15) is 36.0 Å². The van der Waals surface area contributed by atoms with Gasteiger partial charge in [-0.3, -0.25) is 24.6 Å². The first kappa shape index (κ1) is 27.5. The van der Waals surface area contributed by atoms with E-state index in [0.717, 1.165) is 24.2 Å². The van der Waals surface area contributed by atoms with Gasteiger partial charge in [0.1, 0.15) is 5.75 Å². The van der Waals surface area contributed by atoms with Crippen LogP contribution in [0.4, 0.5) is 0 Å². The van der Waals surface area contributed by atoms with Crippen molar-refractivity contribution in [1.82, 2.24) is 10.2 Å². The number of ketones is 1. The maximum absolute atomic E-state index is 13.4. The lowest BCUT2D eigenvalue weighted by atomic mass is 9.85. The fraction of sp³-hybridized carbons (Fsp3) is 0.300. The number of nitrogens with zero attached hydrogens (tertiary/aromatic N) is 1. The van der Waals surface area contributed by atoms with Crippen molar-refractivity contribution >= 4 is 30.0 Å². The predicted molar refractivity (Wildman–Crippen MR) is 145 cm³/mol. The molecule has 0 spiro atoms. The third-order valence-corrected chi connectivity index (χ3v) is 7.25. The number of fused-ring (bicyclic) bond motifs is 1. The predicted octanol–water partition coefficient (Wildman–Crippen LogP) is 3.41. The summed E-state index contributed by atoms with van der Waals surface area (Å²) in [6.45, 7) is 0.643. The SMILES string of the molecule is Cl.O=C(CN1CCC[C@H]1C(=O)NC(=O)C(O)(c1ccccc1)c1ccccc1)C1CCc2ccccc2O1. The Morgan fingerprint density at radius 1 is 0.895 bits per heavy atom. The summed E-state index contributed by atoms with van der Waals surface area (Å²) >= 11 is 0. The molecule has 1 unspecified atom stereocenters. The molecule has 0 saturated carbocycles. The highest BCUT2D eigenvalue weighted by Crippen LogP contribution is 2.31. The van der Waals surface area contributed by atoms with Gasteiger partial charge < -0.3 is 9.84 Å². The van der Waals surface area contributed by atoms with Crippen LogP contribution < -0.4 is 10.1 Å². The number of ether oxygens (including phenoxy) is 1. The molecule has 2 amide bonds. The smallest absolute Gasteiger partial charge is 0.267 e. The van der Waals surface area contributed by atoms with Crippen molar-refractivity contribution in [2.24, 2.45) is 0 Å². The Labute approximate surface area is 228 Å². The molecule has 3 aromatic carbocycles. The van der Waals surface area contributed by atoms with Gasteiger partial charge in [0, 0.05) is 0 Å². The third kappa shape index (κ3) is 5.50. The van der Waals surface area contributed by atoms with Crippen LogP contribution in [0.3, 0.4) is 0 Å². The molecule has 0 aromatic heterocycles. The lowest BCUT2D eigenvalue weighted by Crippen LogP contribution is -2.53. The first-order valence-corrected chi connectivity index (χ1v) is 12.7. The summed E-state index contributed by atoms with van der Waals surface area (Å²) in [6, 6.07) is 24.2. The minimum absolute atomic E-state index is 0. The fourth-order valence-corrected chi connectivity index (χ4v) is 5.24. The molecule has 7 nitrogen and oxygen atoms in total. The van der Waals surface area contributed by atoms with Crippen molar-refractivity contribution in [2.45, 2.75) is 43.4 Å². The number of aliphatic hydroxyl groups is 1. The molecule has 1 saturated heterocycles. The topological polar surface area (TPSA) is 95.9 Å². The van der Waals surface area contributed by atoms with Gasteiger partial charge in [0.15, 0.2) is 17.5 Å². The Balaban J connectivity index is 0.00000336. The number of carbonyl (C=O) groups excluding carboxylic acids is 3.